The van der Waals surface area contributed by atoms with Crippen LogP contribution in [0.25, 0.3) is 0 Å². The van der Waals surface area contributed by atoms with Crippen molar-refractivity contribution in [1.82, 2.24) is 0 Å². The third-order valence-electron chi connectivity index (χ3n) is 4.57. The molecule has 1 aliphatic carbocycles. The van der Waals surface area contributed by atoms with Crippen LogP contribution in [-0.2, 0) is 5.54 Å². The van der Waals surface area contributed by atoms with Crippen molar-refractivity contribution < 1.29 is 0 Å². The monoisotopic (exact) mass is 251 g/mol. The molecule has 0 aromatic heterocycles. The Labute approximate surface area is 115 Å². The summed E-state index contributed by atoms with van der Waals surface area (Å²) in [6.07, 6.45) is 2.18. The molecule has 0 saturated heterocycles. The van der Waals surface area contributed by atoms with Gasteiger partial charge < -0.3 is 5.73 Å². The number of nitrogens with two attached hydrogens (primary N) is 1. The first-order valence-electron chi connectivity index (χ1n) is 7.07. The number of hydrogen-bond acceptors (Lipinski definition) is 1. The van der Waals surface area contributed by atoms with Crippen LogP contribution in [0.5, 0.6) is 0 Å². The molecule has 0 fully saturated rings. The summed E-state index contributed by atoms with van der Waals surface area (Å²) in [5, 5.41) is 0. The zero-order valence-electron chi connectivity index (χ0n) is 11.7. The fourth-order valence-electron chi connectivity index (χ4n) is 3.42. The summed E-state index contributed by atoms with van der Waals surface area (Å²) in [5.41, 5.74) is 11.8. The molecular formula is C18H21N. The highest BCUT2D eigenvalue weighted by molar-refractivity contribution is 5.48. The van der Waals surface area contributed by atoms with Gasteiger partial charge in [0, 0.05) is 0 Å². The van der Waals surface area contributed by atoms with Crippen molar-refractivity contribution >= 4 is 0 Å². The van der Waals surface area contributed by atoms with Gasteiger partial charge in [0.1, 0.15) is 0 Å². The molecule has 0 radical (unpaired) electrons. The molecule has 2 aromatic rings. The van der Waals surface area contributed by atoms with E-state index in [9.17, 15) is 0 Å². The van der Waals surface area contributed by atoms with Crippen molar-refractivity contribution in [1.29, 1.82) is 0 Å². The van der Waals surface area contributed by atoms with Gasteiger partial charge in [-0.25, -0.2) is 0 Å². The van der Waals surface area contributed by atoms with Gasteiger partial charge in [-0.2, -0.15) is 0 Å². The summed E-state index contributed by atoms with van der Waals surface area (Å²) in [6, 6.07) is 17.2. The lowest BCUT2D eigenvalue weighted by Gasteiger charge is -2.39. The van der Waals surface area contributed by atoms with Gasteiger partial charge in [-0.3, -0.25) is 0 Å². The first-order chi connectivity index (χ1) is 9.13. The van der Waals surface area contributed by atoms with E-state index in [-0.39, 0.29) is 5.54 Å². The predicted molar refractivity (Wildman–Crippen MR) is 80.2 cm³/mol. The number of fused-ring (bicyclic) bond motifs is 1. The minimum Gasteiger partial charge on any atom is -0.318 e. The smallest absolute Gasteiger partial charge is 0.0671 e. The Morgan fingerprint density at radius 3 is 2.37 bits per heavy atom. The molecule has 2 aromatic carbocycles. The van der Waals surface area contributed by atoms with E-state index < -0.39 is 0 Å². The van der Waals surface area contributed by atoms with Gasteiger partial charge in [0.15, 0.2) is 0 Å². The van der Waals surface area contributed by atoms with E-state index in [2.05, 4.69) is 62.4 Å². The average Bonchev–Trinajstić information content (AvgIpc) is 2.44. The number of rotatable bonds is 1. The lowest BCUT2D eigenvalue weighted by atomic mass is 9.69. The minimum absolute atomic E-state index is 0.325. The third kappa shape index (κ3) is 1.89. The molecule has 2 atom stereocenters. The molecule has 2 unspecified atom stereocenters. The second-order valence-electron chi connectivity index (χ2n) is 5.81. The SMILES string of the molecule is Cc1ccccc1C1(N)CCC(C)c2ccccc21. The molecule has 0 bridgehead atoms. The predicted octanol–water partition coefficient (Wildman–Crippen LogP) is 4.09. The van der Waals surface area contributed by atoms with Crippen LogP contribution in [0.15, 0.2) is 48.5 Å². The summed E-state index contributed by atoms with van der Waals surface area (Å²) in [7, 11) is 0. The standard InChI is InChI=1S/C18H21N/c1-13-11-12-18(19,16-9-5-3-7-14(16)2)17-10-6-4-8-15(13)17/h3-10,13H,11-12,19H2,1-2H3. The lowest BCUT2D eigenvalue weighted by Crippen LogP contribution is -2.42. The van der Waals surface area contributed by atoms with Crippen LogP contribution in [0.3, 0.4) is 0 Å². The van der Waals surface area contributed by atoms with Crippen molar-refractivity contribution in [3.8, 4) is 0 Å². The molecule has 1 nitrogen and oxygen atoms in total. The first kappa shape index (κ1) is 12.4. The highest BCUT2D eigenvalue weighted by Gasteiger charge is 2.37. The van der Waals surface area contributed by atoms with Gasteiger partial charge >= 0.3 is 0 Å². The molecule has 1 aliphatic rings. The van der Waals surface area contributed by atoms with E-state index in [1.807, 2.05) is 0 Å². The molecule has 0 heterocycles. The van der Waals surface area contributed by atoms with Crippen LogP contribution >= 0.6 is 0 Å². The number of benzene rings is 2. The van der Waals surface area contributed by atoms with Gasteiger partial charge in [-0.05, 0) is 47.9 Å². The summed E-state index contributed by atoms with van der Waals surface area (Å²) in [6.45, 7) is 4.46. The fourth-order valence-corrected chi connectivity index (χ4v) is 3.42. The summed E-state index contributed by atoms with van der Waals surface area (Å²) in [5.74, 6) is 0.608. The maximum atomic E-state index is 6.86. The topological polar surface area (TPSA) is 26.0 Å². The average molecular weight is 251 g/mol. The molecule has 98 valence electrons. The lowest BCUT2D eigenvalue weighted by molar-refractivity contribution is 0.410. The van der Waals surface area contributed by atoms with Crippen LogP contribution in [0.2, 0.25) is 0 Å². The van der Waals surface area contributed by atoms with Gasteiger partial charge in [0.2, 0.25) is 0 Å². The Morgan fingerprint density at radius 2 is 1.63 bits per heavy atom. The zero-order valence-corrected chi connectivity index (χ0v) is 11.7. The Bertz CT molecular complexity index is 602. The quantitative estimate of drug-likeness (QED) is 0.811. The second kappa shape index (κ2) is 4.50. The van der Waals surface area contributed by atoms with Gasteiger partial charge in [0.05, 0.1) is 5.54 Å². The number of hydrogen-bond donors (Lipinski definition) is 1. The summed E-state index contributed by atoms with van der Waals surface area (Å²) >= 11 is 0. The maximum Gasteiger partial charge on any atom is 0.0671 e. The zero-order chi connectivity index (χ0) is 13.5. The van der Waals surface area contributed by atoms with Crippen LogP contribution in [-0.4, -0.2) is 0 Å². The van der Waals surface area contributed by atoms with Crippen molar-refractivity contribution in [3.05, 3.63) is 70.8 Å². The van der Waals surface area contributed by atoms with E-state index >= 15 is 0 Å². The van der Waals surface area contributed by atoms with Crippen molar-refractivity contribution in [2.24, 2.45) is 5.73 Å². The van der Waals surface area contributed by atoms with Crippen LogP contribution < -0.4 is 5.73 Å². The van der Waals surface area contributed by atoms with Crippen LogP contribution in [0.4, 0.5) is 0 Å². The molecule has 19 heavy (non-hydrogen) atoms. The molecule has 0 spiro atoms. The molecular weight excluding hydrogens is 230 g/mol. The van der Waals surface area contributed by atoms with Crippen LogP contribution in [0.1, 0.15) is 47.9 Å². The van der Waals surface area contributed by atoms with Crippen molar-refractivity contribution in [3.63, 3.8) is 0 Å². The van der Waals surface area contributed by atoms with Crippen molar-refractivity contribution in [2.75, 3.05) is 0 Å². The fraction of sp³-hybridized carbons (Fsp3) is 0.333. The number of aryl methyl sites for hydroxylation is 1. The highest BCUT2D eigenvalue weighted by Crippen LogP contribution is 2.44. The van der Waals surface area contributed by atoms with Crippen LogP contribution in [0, 0.1) is 6.92 Å². The Hall–Kier alpha value is -1.60. The first-order valence-corrected chi connectivity index (χ1v) is 7.07. The van der Waals surface area contributed by atoms with E-state index in [0.717, 1.165) is 12.8 Å². The summed E-state index contributed by atoms with van der Waals surface area (Å²) < 4.78 is 0. The van der Waals surface area contributed by atoms with Crippen molar-refractivity contribution in [2.45, 2.75) is 38.1 Å². The molecule has 0 amide bonds. The van der Waals surface area contributed by atoms with E-state index in [0.29, 0.717) is 5.92 Å². The van der Waals surface area contributed by atoms with Gasteiger partial charge in [-0.1, -0.05) is 55.5 Å². The normalized spacial score (nSPS) is 25.9. The van der Waals surface area contributed by atoms with E-state index in [1.165, 1.54) is 22.3 Å². The molecule has 2 N–H and O–H groups in total. The maximum absolute atomic E-state index is 6.86. The molecule has 3 rings (SSSR count). The third-order valence-corrected chi connectivity index (χ3v) is 4.57. The Balaban J connectivity index is 2.21. The second-order valence-corrected chi connectivity index (χ2v) is 5.81. The van der Waals surface area contributed by atoms with E-state index in [1.54, 1.807) is 0 Å². The Morgan fingerprint density at radius 1 is 1.00 bits per heavy atom. The minimum atomic E-state index is -0.325. The van der Waals surface area contributed by atoms with Gasteiger partial charge in [0.25, 0.3) is 0 Å². The molecule has 0 aliphatic heterocycles. The van der Waals surface area contributed by atoms with E-state index in [4.69, 9.17) is 5.73 Å². The van der Waals surface area contributed by atoms with Gasteiger partial charge in [-0.15, -0.1) is 0 Å². The molecule has 0 saturated carbocycles. The largest absolute Gasteiger partial charge is 0.318 e. The Kier molecular flexibility index (Phi) is 2.94. The summed E-state index contributed by atoms with van der Waals surface area (Å²) in [4.78, 5) is 0. The molecule has 1 heteroatoms. The highest BCUT2D eigenvalue weighted by atomic mass is 14.8.